The molecule has 4 atom stereocenters. The first-order valence-corrected chi connectivity index (χ1v) is 10.9. The molecule has 3 amide bonds. The summed E-state index contributed by atoms with van der Waals surface area (Å²) in [4.78, 5) is 52.8. The fraction of sp³-hybridized carbons (Fsp3) is 0.524. The Morgan fingerprint density at radius 2 is 1.79 bits per heavy atom. The van der Waals surface area contributed by atoms with Gasteiger partial charge in [0.2, 0.25) is 17.7 Å². The summed E-state index contributed by atoms with van der Waals surface area (Å²) in [6.07, 6.45) is 8.62. The van der Waals surface area contributed by atoms with Gasteiger partial charge < -0.3 is 10.1 Å². The van der Waals surface area contributed by atoms with E-state index in [-0.39, 0.29) is 42.0 Å². The van der Waals surface area contributed by atoms with E-state index < -0.39 is 11.9 Å². The first-order valence-electron chi connectivity index (χ1n) is 10.1. The fourth-order valence-corrected chi connectivity index (χ4v) is 6.70. The molecular weight excluding hydrogens is 392 g/mol. The molecule has 1 saturated heterocycles. The van der Waals surface area contributed by atoms with Crippen LogP contribution in [0.15, 0.2) is 12.2 Å². The van der Waals surface area contributed by atoms with Gasteiger partial charge in [0, 0.05) is 4.88 Å². The summed E-state index contributed by atoms with van der Waals surface area (Å²) >= 11 is 1.39. The zero-order chi connectivity index (χ0) is 20.3. The molecule has 152 valence electrons. The number of carbonyl (C=O) groups is 4. The van der Waals surface area contributed by atoms with Crippen LogP contribution < -0.4 is 5.32 Å². The van der Waals surface area contributed by atoms with Crippen molar-refractivity contribution in [3.8, 4) is 0 Å². The van der Waals surface area contributed by atoms with Gasteiger partial charge in [-0.2, -0.15) is 0 Å². The number of thiophene rings is 1. The summed E-state index contributed by atoms with van der Waals surface area (Å²) < 4.78 is 4.92. The van der Waals surface area contributed by atoms with Crippen LogP contribution in [0.2, 0.25) is 0 Å². The number of carbonyl (C=O) groups excluding carboxylic acids is 4. The molecular formula is C21H22N2O5S. The van der Waals surface area contributed by atoms with Gasteiger partial charge in [-0.1, -0.05) is 12.2 Å². The van der Waals surface area contributed by atoms with Crippen molar-refractivity contribution < 1.29 is 23.9 Å². The van der Waals surface area contributed by atoms with Gasteiger partial charge in [-0.15, -0.1) is 11.3 Å². The molecule has 2 heterocycles. The van der Waals surface area contributed by atoms with Crippen molar-refractivity contribution in [2.45, 2.75) is 32.1 Å². The minimum atomic E-state index is -0.467. The zero-order valence-corrected chi connectivity index (χ0v) is 16.9. The van der Waals surface area contributed by atoms with Crippen LogP contribution >= 0.6 is 11.3 Å². The van der Waals surface area contributed by atoms with Crippen LogP contribution in [0.25, 0.3) is 0 Å². The SMILES string of the molecule is COC(=O)c1c(NC(=O)CN2C(=O)C3C4C=CC(C4)C3C2=O)sc2c1CCCC2. The first-order chi connectivity index (χ1) is 14.0. The molecule has 8 heteroatoms. The van der Waals surface area contributed by atoms with E-state index in [9.17, 15) is 19.2 Å². The van der Waals surface area contributed by atoms with Crippen molar-refractivity contribution in [2.24, 2.45) is 23.7 Å². The molecule has 3 aliphatic carbocycles. The highest BCUT2D eigenvalue weighted by atomic mass is 32.1. The third-order valence-electron chi connectivity index (χ3n) is 6.68. The topological polar surface area (TPSA) is 92.8 Å². The van der Waals surface area contributed by atoms with Crippen molar-refractivity contribution in [2.75, 3.05) is 19.0 Å². The first kappa shape index (κ1) is 18.5. The second-order valence-corrected chi connectivity index (χ2v) is 9.32. The predicted molar refractivity (Wildman–Crippen MR) is 105 cm³/mol. The summed E-state index contributed by atoms with van der Waals surface area (Å²) in [5.74, 6) is -1.82. The summed E-state index contributed by atoms with van der Waals surface area (Å²) in [5.41, 5.74) is 1.37. The molecule has 1 saturated carbocycles. The van der Waals surface area contributed by atoms with Gasteiger partial charge in [0.1, 0.15) is 11.5 Å². The van der Waals surface area contributed by atoms with E-state index in [1.807, 2.05) is 12.2 Å². The quantitative estimate of drug-likeness (QED) is 0.463. The molecule has 0 aromatic carbocycles. The number of imide groups is 1. The fourth-order valence-electron chi connectivity index (χ4n) is 5.40. The number of allylic oxidation sites excluding steroid dienone is 2. The van der Waals surface area contributed by atoms with Gasteiger partial charge in [-0.25, -0.2) is 4.79 Å². The van der Waals surface area contributed by atoms with Crippen LogP contribution in [0.5, 0.6) is 0 Å². The van der Waals surface area contributed by atoms with Gasteiger partial charge in [0.25, 0.3) is 0 Å². The van der Waals surface area contributed by atoms with Gasteiger partial charge in [0.15, 0.2) is 0 Å². The number of esters is 1. The molecule has 0 radical (unpaired) electrons. The maximum atomic E-state index is 12.8. The molecule has 2 fully saturated rings. The van der Waals surface area contributed by atoms with E-state index in [2.05, 4.69) is 5.32 Å². The van der Waals surface area contributed by atoms with E-state index in [1.54, 1.807) is 0 Å². The van der Waals surface area contributed by atoms with E-state index >= 15 is 0 Å². The Morgan fingerprint density at radius 3 is 2.45 bits per heavy atom. The van der Waals surface area contributed by atoms with Crippen LogP contribution in [-0.4, -0.2) is 42.2 Å². The lowest BCUT2D eigenvalue weighted by Gasteiger charge is -2.16. The number of nitrogens with zero attached hydrogens (tertiary/aromatic N) is 1. The van der Waals surface area contributed by atoms with Crippen LogP contribution in [0.1, 0.15) is 40.1 Å². The number of hydrogen-bond donors (Lipinski definition) is 1. The number of fused-ring (bicyclic) bond motifs is 6. The van der Waals surface area contributed by atoms with E-state index in [4.69, 9.17) is 4.74 Å². The monoisotopic (exact) mass is 414 g/mol. The number of nitrogens with one attached hydrogen (secondary N) is 1. The summed E-state index contributed by atoms with van der Waals surface area (Å²) in [6.45, 7) is -0.312. The molecule has 1 aliphatic heterocycles. The second-order valence-electron chi connectivity index (χ2n) is 8.22. The highest BCUT2D eigenvalue weighted by Crippen LogP contribution is 2.52. The van der Waals surface area contributed by atoms with E-state index in [0.29, 0.717) is 10.6 Å². The van der Waals surface area contributed by atoms with Gasteiger partial charge in [-0.3, -0.25) is 19.3 Å². The van der Waals surface area contributed by atoms with Crippen LogP contribution in [0.3, 0.4) is 0 Å². The van der Waals surface area contributed by atoms with Gasteiger partial charge >= 0.3 is 5.97 Å². The standard InChI is InChI=1S/C21H22N2O5S/c1-28-21(27)17-12-4-2-3-5-13(12)29-18(17)22-14(24)9-23-19(25)15-10-6-7-11(8-10)16(15)20(23)26/h6-7,10-11,15-16H,2-5,8-9H2,1H3,(H,22,24). The predicted octanol–water partition coefficient (Wildman–Crippen LogP) is 2.16. The van der Waals surface area contributed by atoms with E-state index in [1.165, 1.54) is 18.4 Å². The molecule has 5 rings (SSSR count). The lowest BCUT2D eigenvalue weighted by Crippen LogP contribution is -2.39. The Labute approximate surface area is 172 Å². The molecule has 29 heavy (non-hydrogen) atoms. The van der Waals surface area contributed by atoms with E-state index in [0.717, 1.165) is 47.4 Å². The minimum absolute atomic E-state index is 0.115. The van der Waals surface area contributed by atoms with Gasteiger partial charge in [-0.05, 0) is 49.5 Å². The largest absolute Gasteiger partial charge is 0.465 e. The van der Waals surface area contributed by atoms with Crippen molar-refractivity contribution in [1.29, 1.82) is 0 Å². The number of anilines is 1. The number of hydrogen-bond acceptors (Lipinski definition) is 6. The third kappa shape index (κ3) is 2.76. The van der Waals surface area contributed by atoms with Crippen LogP contribution in [0.4, 0.5) is 5.00 Å². The van der Waals surface area contributed by atoms with Crippen molar-refractivity contribution in [3.05, 3.63) is 28.2 Å². The second kappa shape index (κ2) is 6.79. The number of likely N-dealkylation sites (tertiary alicyclic amines) is 1. The number of methoxy groups -OCH3 is 1. The Balaban J connectivity index is 1.34. The molecule has 1 N–H and O–H groups in total. The number of aryl methyl sites for hydroxylation is 1. The van der Waals surface area contributed by atoms with Crippen LogP contribution in [0, 0.1) is 23.7 Å². The van der Waals surface area contributed by atoms with Crippen molar-refractivity contribution in [3.63, 3.8) is 0 Å². The van der Waals surface area contributed by atoms with Crippen molar-refractivity contribution in [1.82, 2.24) is 4.90 Å². The normalized spacial score (nSPS) is 29.2. The Bertz CT molecular complexity index is 935. The molecule has 4 unspecified atom stereocenters. The van der Waals surface area contributed by atoms with Crippen LogP contribution in [-0.2, 0) is 32.0 Å². The summed E-state index contributed by atoms with van der Waals surface area (Å²) in [6, 6.07) is 0. The molecule has 4 aliphatic rings. The average molecular weight is 414 g/mol. The minimum Gasteiger partial charge on any atom is -0.465 e. The zero-order valence-electron chi connectivity index (χ0n) is 16.1. The molecule has 2 bridgehead atoms. The molecule has 0 spiro atoms. The third-order valence-corrected chi connectivity index (χ3v) is 7.88. The number of ether oxygens (including phenoxy) is 1. The number of amides is 3. The maximum Gasteiger partial charge on any atom is 0.341 e. The summed E-state index contributed by atoms with van der Waals surface area (Å²) in [5, 5.41) is 3.23. The Kier molecular flexibility index (Phi) is 4.34. The highest BCUT2D eigenvalue weighted by molar-refractivity contribution is 7.17. The molecule has 1 aromatic heterocycles. The average Bonchev–Trinajstić information content (AvgIpc) is 3.46. The Morgan fingerprint density at radius 1 is 1.14 bits per heavy atom. The Hall–Kier alpha value is -2.48. The van der Waals surface area contributed by atoms with Crippen molar-refractivity contribution >= 4 is 40.0 Å². The lowest BCUT2D eigenvalue weighted by atomic mass is 9.85. The number of rotatable bonds is 4. The highest BCUT2D eigenvalue weighted by Gasteiger charge is 2.59. The maximum absolute atomic E-state index is 12.8. The summed E-state index contributed by atoms with van der Waals surface area (Å²) in [7, 11) is 1.32. The molecule has 7 nitrogen and oxygen atoms in total. The van der Waals surface area contributed by atoms with Gasteiger partial charge in [0.05, 0.1) is 24.5 Å². The molecule has 1 aromatic rings. The smallest absolute Gasteiger partial charge is 0.341 e. The lowest BCUT2D eigenvalue weighted by molar-refractivity contribution is -0.143.